The minimum Gasteiger partial charge on any atom is -0.381 e. The Morgan fingerprint density at radius 1 is 1.39 bits per heavy atom. The molecule has 2 atom stereocenters. The van der Waals surface area contributed by atoms with Crippen LogP contribution in [0.4, 0.5) is 8.78 Å². The Morgan fingerprint density at radius 3 is 2.83 bits per heavy atom. The van der Waals surface area contributed by atoms with Gasteiger partial charge in [0.2, 0.25) is 0 Å². The summed E-state index contributed by atoms with van der Waals surface area (Å²) in [5.41, 5.74) is -0.254. The molecular formula is C13H15F2NO2. The lowest BCUT2D eigenvalue weighted by Crippen LogP contribution is -2.34. The van der Waals surface area contributed by atoms with Gasteiger partial charge in [-0.1, -0.05) is 6.07 Å². The van der Waals surface area contributed by atoms with E-state index in [0.29, 0.717) is 6.42 Å². The molecule has 98 valence electrons. The Bertz CT molecular complexity index is 451. The van der Waals surface area contributed by atoms with Gasteiger partial charge in [-0.15, -0.1) is 0 Å². The second kappa shape index (κ2) is 5.44. The second-order valence-electron chi connectivity index (χ2n) is 4.44. The fourth-order valence-corrected chi connectivity index (χ4v) is 2.23. The summed E-state index contributed by atoms with van der Waals surface area (Å²) < 4.78 is 31.6. The van der Waals surface area contributed by atoms with Crippen LogP contribution < -0.4 is 5.32 Å². The van der Waals surface area contributed by atoms with E-state index in [0.717, 1.165) is 18.9 Å². The number of rotatable bonds is 3. The van der Waals surface area contributed by atoms with Crippen molar-refractivity contribution in [3.63, 3.8) is 0 Å². The molecule has 1 amide bonds. The van der Waals surface area contributed by atoms with Gasteiger partial charge in [0.15, 0.2) is 11.6 Å². The highest BCUT2D eigenvalue weighted by atomic mass is 19.2. The van der Waals surface area contributed by atoms with Crippen LogP contribution in [-0.4, -0.2) is 25.2 Å². The molecule has 1 N–H and O–H groups in total. The van der Waals surface area contributed by atoms with Crippen LogP contribution in [0.15, 0.2) is 18.2 Å². The van der Waals surface area contributed by atoms with Crippen molar-refractivity contribution in [2.24, 2.45) is 0 Å². The fourth-order valence-electron chi connectivity index (χ4n) is 2.23. The molecule has 2 rings (SSSR count). The van der Waals surface area contributed by atoms with Crippen LogP contribution in [0.2, 0.25) is 0 Å². The standard InChI is InChI=1S/C13H15F2NO2/c1-18-9-6-5-8(7-9)16-13(17)10-3-2-4-11(14)12(10)15/h2-4,8-9H,5-7H2,1H3,(H,16,17). The first kappa shape index (κ1) is 13.0. The third-order valence-corrected chi connectivity index (χ3v) is 3.25. The van der Waals surface area contributed by atoms with Gasteiger partial charge in [-0.2, -0.15) is 0 Å². The number of carbonyl (C=O) groups excluding carboxylic acids is 1. The first-order valence-corrected chi connectivity index (χ1v) is 5.89. The molecule has 0 radical (unpaired) electrons. The van der Waals surface area contributed by atoms with Crippen LogP contribution in [0.25, 0.3) is 0 Å². The topological polar surface area (TPSA) is 38.3 Å². The minimum atomic E-state index is -1.10. The number of carbonyl (C=O) groups is 1. The van der Waals surface area contributed by atoms with Crippen LogP contribution in [0.5, 0.6) is 0 Å². The fraction of sp³-hybridized carbons (Fsp3) is 0.462. The van der Waals surface area contributed by atoms with E-state index in [2.05, 4.69) is 5.32 Å². The second-order valence-corrected chi connectivity index (χ2v) is 4.44. The average molecular weight is 255 g/mol. The van der Waals surface area contributed by atoms with Crippen molar-refractivity contribution in [3.05, 3.63) is 35.4 Å². The molecule has 0 aliphatic heterocycles. The first-order chi connectivity index (χ1) is 8.61. The summed E-state index contributed by atoms with van der Waals surface area (Å²) in [6.45, 7) is 0. The summed E-state index contributed by atoms with van der Waals surface area (Å²) >= 11 is 0. The van der Waals surface area contributed by atoms with Crippen LogP contribution in [0.1, 0.15) is 29.6 Å². The molecule has 0 bridgehead atoms. The van der Waals surface area contributed by atoms with Crippen molar-refractivity contribution < 1.29 is 18.3 Å². The summed E-state index contributed by atoms with van der Waals surface area (Å²) in [5, 5.41) is 2.70. The zero-order valence-electron chi connectivity index (χ0n) is 10.1. The lowest BCUT2D eigenvalue weighted by Gasteiger charge is -2.13. The first-order valence-electron chi connectivity index (χ1n) is 5.89. The van der Waals surface area contributed by atoms with E-state index in [1.165, 1.54) is 12.1 Å². The lowest BCUT2D eigenvalue weighted by atomic mass is 10.1. The molecule has 1 aromatic carbocycles. The lowest BCUT2D eigenvalue weighted by molar-refractivity contribution is 0.0910. The molecule has 1 aliphatic rings. The van der Waals surface area contributed by atoms with Crippen molar-refractivity contribution in [1.29, 1.82) is 0 Å². The van der Waals surface area contributed by atoms with Crippen molar-refractivity contribution in [2.75, 3.05) is 7.11 Å². The van der Waals surface area contributed by atoms with Gasteiger partial charge in [-0.3, -0.25) is 4.79 Å². The maximum Gasteiger partial charge on any atom is 0.254 e. The molecule has 0 spiro atoms. The number of hydrogen-bond acceptors (Lipinski definition) is 2. The molecule has 1 saturated carbocycles. The number of methoxy groups -OCH3 is 1. The monoisotopic (exact) mass is 255 g/mol. The van der Waals surface area contributed by atoms with Gasteiger partial charge in [0.05, 0.1) is 11.7 Å². The van der Waals surface area contributed by atoms with Crippen molar-refractivity contribution in [3.8, 4) is 0 Å². The Balaban J connectivity index is 2.02. The number of nitrogens with one attached hydrogen (secondary N) is 1. The van der Waals surface area contributed by atoms with E-state index in [1.54, 1.807) is 7.11 Å². The quantitative estimate of drug-likeness (QED) is 0.899. The highest BCUT2D eigenvalue weighted by Gasteiger charge is 2.26. The molecule has 5 heteroatoms. The molecule has 3 nitrogen and oxygen atoms in total. The third-order valence-electron chi connectivity index (χ3n) is 3.25. The van der Waals surface area contributed by atoms with Crippen LogP contribution in [-0.2, 0) is 4.74 Å². The number of halogens is 2. The van der Waals surface area contributed by atoms with E-state index in [4.69, 9.17) is 4.74 Å². The Labute approximate surface area is 104 Å². The van der Waals surface area contributed by atoms with Crippen molar-refractivity contribution >= 4 is 5.91 Å². The van der Waals surface area contributed by atoms with Gasteiger partial charge in [0.1, 0.15) is 0 Å². The maximum atomic E-state index is 13.4. The van der Waals surface area contributed by atoms with Gasteiger partial charge in [-0.05, 0) is 31.4 Å². The van der Waals surface area contributed by atoms with Crippen LogP contribution in [0, 0.1) is 11.6 Å². The summed E-state index contributed by atoms with van der Waals surface area (Å²) in [7, 11) is 1.63. The predicted molar refractivity (Wildman–Crippen MR) is 62.3 cm³/mol. The Hall–Kier alpha value is -1.49. The van der Waals surface area contributed by atoms with E-state index in [-0.39, 0.29) is 17.7 Å². The maximum absolute atomic E-state index is 13.4. The van der Waals surface area contributed by atoms with Crippen molar-refractivity contribution in [1.82, 2.24) is 5.32 Å². The molecule has 1 aromatic rings. The SMILES string of the molecule is COC1CCC(NC(=O)c2cccc(F)c2F)C1. The van der Waals surface area contributed by atoms with E-state index in [1.807, 2.05) is 0 Å². The van der Waals surface area contributed by atoms with Crippen LogP contribution >= 0.6 is 0 Å². The highest BCUT2D eigenvalue weighted by Crippen LogP contribution is 2.22. The van der Waals surface area contributed by atoms with Gasteiger partial charge < -0.3 is 10.1 Å². The molecule has 0 aromatic heterocycles. The summed E-state index contributed by atoms with van der Waals surface area (Å²) in [5.74, 6) is -2.69. The van der Waals surface area contributed by atoms with E-state index in [9.17, 15) is 13.6 Å². The minimum absolute atomic E-state index is 0.0369. The number of benzene rings is 1. The van der Waals surface area contributed by atoms with Gasteiger partial charge >= 0.3 is 0 Å². The summed E-state index contributed by atoms with van der Waals surface area (Å²) in [6.07, 6.45) is 2.50. The number of ether oxygens (including phenoxy) is 1. The molecular weight excluding hydrogens is 240 g/mol. The summed E-state index contributed by atoms with van der Waals surface area (Å²) in [6, 6.07) is 3.55. The highest BCUT2D eigenvalue weighted by molar-refractivity contribution is 5.94. The van der Waals surface area contributed by atoms with E-state index < -0.39 is 17.5 Å². The van der Waals surface area contributed by atoms with Crippen molar-refractivity contribution in [2.45, 2.75) is 31.4 Å². The Kier molecular flexibility index (Phi) is 3.91. The number of amides is 1. The van der Waals surface area contributed by atoms with E-state index >= 15 is 0 Å². The van der Waals surface area contributed by atoms with Crippen LogP contribution in [0.3, 0.4) is 0 Å². The predicted octanol–water partition coefficient (Wildman–Crippen LogP) is 2.26. The smallest absolute Gasteiger partial charge is 0.254 e. The molecule has 0 heterocycles. The zero-order chi connectivity index (χ0) is 13.1. The zero-order valence-corrected chi connectivity index (χ0v) is 10.1. The third kappa shape index (κ3) is 2.67. The molecule has 0 saturated heterocycles. The average Bonchev–Trinajstić information content (AvgIpc) is 2.80. The van der Waals surface area contributed by atoms with Gasteiger partial charge in [0.25, 0.3) is 5.91 Å². The summed E-state index contributed by atoms with van der Waals surface area (Å²) in [4.78, 5) is 11.8. The number of hydrogen-bond donors (Lipinski definition) is 1. The van der Waals surface area contributed by atoms with Gasteiger partial charge in [0, 0.05) is 13.2 Å². The largest absolute Gasteiger partial charge is 0.381 e. The molecule has 1 aliphatic carbocycles. The van der Waals surface area contributed by atoms with Gasteiger partial charge in [-0.25, -0.2) is 8.78 Å². The molecule has 2 unspecified atom stereocenters. The Morgan fingerprint density at radius 2 is 2.17 bits per heavy atom. The molecule has 1 fully saturated rings. The normalized spacial score (nSPS) is 23.1. The molecule has 18 heavy (non-hydrogen) atoms.